The van der Waals surface area contributed by atoms with Gasteiger partial charge in [0, 0.05) is 6.42 Å². The topological polar surface area (TPSA) is 40.5 Å². The Balaban J connectivity index is 3.93. The number of alkyl halides is 5. The van der Waals surface area contributed by atoms with Crippen LogP contribution in [0.2, 0.25) is 0 Å². The number of rotatable bonds is 3. The molecule has 0 fully saturated rings. The van der Waals surface area contributed by atoms with Gasteiger partial charge in [-0.1, -0.05) is 0 Å². The van der Waals surface area contributed by atoms with Crippen molar-refractivity contribution >= 4 is 0 Å². The van der Waals surface area contributed by atoms with Gasteiger partial charge >= 0.3 is 6.18 Å². The maximum Gasteiger partial charge on any atom is 0.414 e. The van der Waals surface area contributed by atoms with Crippen LogP contribution in [0.5, 0.6) is 0 Å². The van der Waals surface area contributed by atoms with Gasteiger partial charge in [-0.2, -0.15) is 13.2 Å². The lowest BCUT2D eigenvalue weighted by Crippen LogP contribution is -2.34. The van der Waals surface area contributed by atoms with Gasteiger partial charge in [0.15, 0.2) is 6.10 Å². The number of hydrogen-bond donors (Lipinski definition) is 2. The Labute approximate surface area is 64.6 Å². The predicted molar refractivity (Wildman–Crippen MR) is 28.7 cm³/mol. The van der Waals surface area contributed by atoms with Crippen molar-refractivity contribution < 1.29 is 32.2 Å². The Morgan fingerprint density at radius 1 is 1.08 bits per heavy atom. The van der Waals surface area contributed by atoms with Crippen LogP contribution in [0.15, 0.2) is 0 Å². The maximum absolute atomic E-state index is 11.5. The van der Waals surface area contributed by atoms with Crippen LogP contribution in [0.1, 0.15) is 6.42 Å². The smallest absolute Gasteiger partial charge is 0.387 e. The van der Waals surface area contributed by atoms with Gasteiger partial charge in [-0.25, -0.2) is 8.78 Å². The summed E-state index contributed by atoms with van der Waals surface area (Å²) in [5, 5.41) is 16.4. The average Bonchev–Trinajstić information content (AvgIpc) is 1.85. The first-order chi connectivity index (χ1) is 5.25. The molecule has 0 spiro atoms. The molecule has 2 N–H and O–H groups in total. The fourth-order valence-electron chi connectivity index (χ4n) is 0.465. The molecule has 0 aromatic rings. The van der Waals surface area contributed by atoms with E-state index in [-0.39, 0.29) is 0 Å². The highest BCUT2D eigenvalue weighted by Gasteiger charge is 2.40. The van der Waals surface area contributed by atoms with E-state index in [9.17, 15) is 22.0 Å². The standard InChI is InChI=1S/C5H7F5O2/c6-4(7)2(11)1-3(12)5(8,9)10/h2-4,11-12H,1H2. The Morgan fingerprint density at radius 3 is 1.75 bits per heavy atom. The lowest BCUT2D eigenvalue weighted by molar-refractivity contribution is -0.214. The van der Waals surface area contributed by atoms with Gasteiger partial charge in [-0.3, -0.25) is 0 Å². The van der Waals surface area contributed by atoms with Crippen molar-refractivity contribution in [3.05, 3.63) is 0 Å². The summed E-state index contributed by atoms with van der Waals surface area (Å²) in [5.41, 5.74) is 0. The number of aliphatic hydroxyl groups is 2. The molecular weight excluding hydrogens is 187 g/mol. The largest absolute Gasteiger partial charge is 0.414 e. The van der Waals surface area contributed by atoms with E-state index in [2.05, 4.69) is 0 Å². The molecule has 0 aliphatic heterocycles. The molecule has 0 heterocycles. The van der Waals surface area contributed by atoms with E-state index in [1.807, 2.05) is 0 Å². The van der Waals surface area contributed by atoms with E-state index in [4.69, 9.17) is 10.2 Å². The van der Waals surface area contributed by atoms with Crippen molar-refractivity contribution in [3.8, 4) is 0 Å². The molecule has 0 rings (SSSR count). The summed E-state index contributed by atoms with van der Waals surface area (Å²) in [5.74, 6) is 0. The van der Waals surface area contributed by atoms with E-state index in [0.717, 1.165) is 0 Å². The minimum absolute atomic E-state index is 1.40. The first-order valence-electron chi connectivity index (χ1n) is 2.96. The minimum atomic E-state index is -4.96. The molecule has 2 nitrogen and oxygen atoms in total. The molecule has 0 aliphatic rings. The highest BCUT2D eigenvalue weighted by atomic mass is 19.4. The Hall–Kier alpha value is -0.430. The number of hydrogen-bond acceptors (Lipinski definition) is 2. The molecule has 0 bridgehead atoms. The molecule has 7 heteroatoms. The molecule has 12 heavy (non-hydrogen) atoms. The molecular formula is C5H7F5O2. The van der Waals surface area contributed by atoms with E-state index < -0.39 is 31.2 Å². The zero-order valence-electron chi connectivity index (χ0n) is 5.72. The van der Waals surface area contributed by atoms with Gasteiger partial charge in [0.1, 0.15) is 6.10 Å². The highest BCUT2D eigenvalue weighted by molar-refractivity contribution is 4.71. The van der Waals surface area contributed by atoms with Gasteiger partial charge in [-0.05, 0) is 0 Å². The van der Waals surface area contributed by atoms with E-state index in [1.54, 1.807) is 0 Å². The van der Waals surface area contributed by atoms with Gasteiger partial charge in [0.25, 0.3) is 6.43 Å². The van der Waals surface area contributed by atoms with Crippen molar-refractivity contribution in [2.24, 2.45) is 0 Å². The van der Waals surface area contributed by atoms with Crippen LogP contribution >= 0.6 is 0 Å². The van der Waals surface area contributed by atoms with Crippen molar-refractivity contribution in [1.29, 1.82) is 0 Å². The summed E-state index contributed by atoms with van der Waals surface area (Å²) in [6.07, 6.45) is -15.0. The molecule has 0 aliphatic carbocycles. The van der Waals surface area contributed by atoms with Crippen LogP contribution in [-0.2, 0) is 0 Å². The molecule has 0 aromatic heterocycles. The highest BCUT2D eigenvalue weighted by Crippen LogP contribution is 2.24. The molecule has 2 atom stereocenters. The van der Waals surface area contributed by atoms with Crippen LogP contribution < -0.4 is 0 Å². The minimum Gasteiger partial charge on any atom is -0.387 e. The van der Waals surface area contributed by atoms with Crippen molar-refractivity contribution in [2.45, 2.75) is 31.2 Å². The molecule has 0 saturated heterocycles. The maximum atomic E-state index is 11.5. The monoisotopic (exact) mass is 194 g/mol. The molecule has 0 amide bonds. The SMILES string of the molecule is OC(CC(O)C(F)(F)F)C(F)F. The molecule has 0 aromatic carbocycles. The normalized spacial score (nSPS) is 18.0. The van der Waals surface area contributed by atoms with Crippen LogP contribution in [-0.4, -0.2) is 35.0 Å². The summed E-state index contributed by atoms with van der Waals surface area (Å²) in [6.45, 7) is 0. The van der Waals surface area contributed by atoms with Gasteiger partial charge in [0.05, 0.1) is 0 Å². The van der Waals surface area contributed by atoms with Gasteiger partial charge < -0.3 is 10.2 Å². The van der Waals surface area contributed by atoms with E-state index in [0.29, 0.717) is 0 Å². The second-order valence-corrected chi connectivity index (χ2v) is 2.19. The van der Waals surface area contributed by atoms with Gasteiger partial charge in [-0.15, -0.1) is 0 Å². The third-order valence-corrected chi connectivity index (χ3v) is 1.13. The van der Waals surface area contributed by atoms with Crippen molar-refractivity contribution in [2.75, 3.05) is 0 Å². The van der Waals surface area contributed by atoms with E-state index >= 15 is 0 Å². The van der Waals surface area contributed by atoms with Crippen LogP contribution in [0.4, 0.5) is 22.0 Å². The third-order valence-electron chi connectivity index (χ3n) is 1.13. The number of halogens is 5. The lowest BCUT2D eigenvalue weighted by Gasteiger charge is -2.17. The third kappa shape index (κ3) is 3.82. The van der Waals surface area contributed by atoms with Crippen molar-refractivity contribution in [1.82, 2.24) is 0 Å². The molecule has 0 saturated carbocycles. The van der Waals surface area contributed by atoms with E-state index in [1.165, 1.54) is 0 Å². The fourth-order valence-corrected chi connectivity index (χ4v) is 0.465. The quantitative estimate of drug-likeness (QED) is 0.656. The molecule has 2 unspecified atom stereocenters. The van der Waals surface area contributed by atoms with Crippen LogP contribution in [0.25, 0.3) is 0 Å². The zero-order valence-corrected chi connectivity index (χ0v) is 5.72. The summed E-state index contributed by atoms with van der Waals surface area (Å²) >= 11 is 0. The zero-order chi connectivity index (χ0) is 9.94. The first-order valence-corrected chi connectivity index (χ1v) is 2.96. The Morgan fingerprint density at radius 2 is 1.50 bits per heavy atom. The second kappa shape index (κ2) is 3.99. The lowest BCUT2D eigenvalue weighted by atomic mass is 10.1. The average molecular weight is 194 g/mol. The Kier molecular flexibility index (Phi) is 3.85. The summed E-state index contributed by atoms with van der Waals surface area (Å²) in [6, 6.07) is 0. The number of aliphatic hydroxyl groups excluding tert-OH is 2. The second-order valence-electron chi connectivity index (χ2n) is 2.19. The van der Waals surface area contributed by atoms with Crippen LogP contribution in [0, 0.1) is 0 Å². The molecule has 74 valence electrons. The summed E-state index contributed by atoms with van der Waals surface area (Å²) < 4.78 is 57.3. The summed E-state index contributed by atoms with van der Waals surface area (Å²) in [7, 11) is 0. The Bertz CT molecular complexity index is 134. The molecule has 0 radical (unpaired) electrons. The van der Waals surface area contributed by atoms with Gasteiger partial charge in [0.2, 0.25) is 0 Å². The van der Waals surface area contributed by atoms with Crippen molar-refractivity contribution in [3.63, 3.8) is 0 Å². The van der Waals surface area contributed by atoms with Crippen LogP contribution in [0.3, 0.4) is 0 Å². The predicted octanol–water partition coefficient (Wildman–Crippen LogP) is 0.926. The summed E-state index contributed by atoms with van der Waals surface area (Å²) in [4.78, 5) is 0. The fraction of sp³-hybridized carbons (Fsp3) is 1.00. The first kappa shape index (κ1) is 11.6.